The van der Waals surface area contributed by atoms with E-state index < -0.39 is 28.0 Å². The van der Waals surface area contributed by atoms with Gasteiger partial charge in [0.2, 0.25) is 21.8 Å². The van der Waals surface area contributed by atoms with E-state index in [2.05, 4.69) is 40.9 Å². The third-order valence-corrected chi connectivity index (χ3v) is 11.6. The van der Waals surface area contributed by atoms with E-state index in [9.17, 15) is 18.0 Å². The van der Waals surface area contributed by atoms with Gasteiger partial charge in [0.15, 0.2) is 0 Å². The first-order valence-electron chi connectivity index (χ1n) is 18.1. The van der Waals surface area contributed by atoms with Crippen molar-refractivity contribution in [3.05, 3.63) is 108 Å². The highest BCUT2D eigenvalue weighted by Gasteiger charge is 2.29. The second-order valence-electron chi connectivity index (χ2n) is 13.6. The number of sulfonamides is 1. The van der Waals surface area contributed by atoms with Gasteiger partial charge < -0.3 is 15.0 Å². The Morgan fingerprint density at radius 2 is 1.49 bits per heavy atom. The molecule has 1 saturated heterocycles. The van der Waals surface area contributed by atoms with E-state index in [-0.39, 0.29) is 17.2 Å². The SMILES string of the molecule is CCN(CC)C(=O)[C@@H](Cc1ccc(CN2C(C)CCCC2C)cc1)NC(=O)C[C@H](NS(=O)(=O)c1ccc2cc(OC)ccc2c1)c1ccccc1. The molecule has 4 aromatic rings. The number of carbonyl (C=O) groups excluding carboxylic acids is 2. The first kappa shape index (κ1) is 38.0. The molecule has 0 saturated carbocycles. The van der Waals surface area contributed by atoms with Gasteiger partial charge in [-0.2, -0.15) is 0 Å². The van der Waals surface area contributed by atoms with Crippen molar-refractivity contribution in [1.29, 1.82) is 0 Å². The van der Waals surface area contributed by atoms with Gasteiger partial charge in [0.25, 0.3) is 0 Å². The lowest BCUT2D eigenvalue weighted by Gasteiger charge is -2.39. The third-order valence-electron chi connectivity index (χ3n) is 10.1. The second-order valence-corrected chi connectivity index (χ2v) is 15.3. The lowest BCUT2D eigenvalue weighted by molar-refractivity contribution is -0.136. The van der Waals surface area contributed by atoms with Crippen LogP contribution in [0.25, 0.3) is 10.8 Å². The van der Waals surface area contributed by atoms with Crippen LogP contribution in [-0.4, -0.2) is 68.4 Å². The van der Waals surface area contributed by atoms with Crippen LogP contribution < -0.4 is 14.8 Å². The van der Waals surface area contributed by atoms with Gasteiger partial charge in [-0.1, -0.05) is 73.2 Å². The number of carbonyl (C=O) groups is 2. The molecule has 0 spiro atoms. The van der Waals surface area contributed by atoms with Gasteiger partial charge >= 0.3 is 0 Å². The van der Waals surface area contributed by atoms with Crippen molar-refractivity contribution >= 4 is 32.6 Å². The van der Waals surface area contributed by atoms with Gasteiger partial charge in [0.1, 0.15) is 11.8 Å². The molecular formula is C41H52N4O5S. The molecule has 2 N–H and O–H groups in total. The van der Waals surface area contributed by atoms with Crippen molar-refractivity contribution < 1.29 is 22.7 Å². The fourth-order valence-corrected chi connectivity index (χ4v) is 8.33. The Morgan fingerprint density at radius 1 is 0.863 bits per heavy atom. The van der Waals surface area contributed by atoms with Crippen molar-refractivity contribution in [1.82, 2.24) is 19.8 Å². The molecule has 10 heteroatoms. The number of hydrogen-bond acceptors (Lipinski definition) is 6. The van der Waals surface area contributed by atoms with Gasteiger partial charge in [-0.25, -0.2) is 13.1 Å². The molecule has 1 fully saturated rings. The summed E-state index contributed by atoms with van der Waals surface area (Å²) in [7, 11) is -2.45. The lowest BCUT2D eigenvalue weighted by atomic mass is 9.96. The Bertz CT molecular complexity index is 1870. The van der Waals surface area contributed by atoms with Crippen LogP contribution in [0.15, 0.2) is 95.9 Å². The predicted molar refractivity (Wildman–Crippen MR) is 203 cm³/mol. The van der Waals surface area contributed by atoms with E-state index >= 15 is 0 Å². The number of amides is 2. The number of likely N-dealkylation sites (tertiary alicyclic amines) is 1. The Balaban J connectivity index is 1.33. The Morgan fingerprint density at radius 3 is 2.14 bits per heavy atom. The fourth-order valence-electron chi connectivity index (χ4n) is 7.07. The first-order chi connectivity index (χ1) is 24.5. The molecule has 0 aromatic heterocycles. The van der Waals surface area contributed by atoms with Crippen LogP contribution in [0.5, 0.6) is 5.75 Å². The van der Waals surface area contributed by atoms with Gasteiger partial charge in [-0.15, -0.1) is 0 Å². The maximum absolute atomic E-state index is 13.8. The van der Waals surface area contributed by atoms with Crippen LogP contribution in [0.1, 0.15) is 76.1 Å². The minimum Gasteiger partial charge on any atom is -0.497 e. The Kier molecular flexibility index (Phi) is 12.9. The number of methoxy groups -OCH3 is 1. The summed E-state index contributed by atoms with van der Waals surface area (Å²) in [5, 5.41) is 4.57. The monoisotopic (exact) mass is 712 g/mol. The average Bonchev–Trinajstić information content (AvgIpc) is 3.13. The maximum Gasteiger partial charge on any atom is 0.245 e. The molecule has 272 valence electrons. The van der Waals surface area contributed by atoms with E-state index in [1.165, 1.54) is 24.8 Å². The molecule has 4 aromatic carbocycles. The van der Waals surface area contributed by atoms with Gasteiger partial charge in [0, 0.05) is 44.6 Å². The van der Waals surface area contributed by atoms with E-state index in [0.29, 0.717) is 42.9 Å². The number of fused-ring (bicyclic) bond motifs is 1. The van der Waals surface area contributed by atoms with Crippen molar-refractivity contribution in [2.75, 3.05) is 20.2 Å². The van der Waals surface area contributed by atoms with Gasteiger partial charge in [-0.05, 0) is 92.3 Å². The molecule has 1 aliphatic rings. The molecule has 2 amide bonds. The van der Waals surface area contributed by atoms with Crippen molar-refractivity contribution in [3.63, 3.8) is 0 Å². The highest BCUT2D eigenvalue weighted by Crippen LogP contribution is 2.27. The summed E-state index contributed by atoms with van der Waals surface area (Å²) in [6, 6.07) is 27.1. The van der Waals surface area contributed by atoms with Crippen LogP contribution in [0, 0.1) is 0 Å². The summed E-state index contributed by atoms with van der Waals surface area (Å²) in [6.45, 7) is 10.3. The van der Waals surface area contributed by atoms with E-state index in [1.54, 1.807) is 60.5 Å². The molecule has 1 aliphatic heterocycles. The van der Waals surface area contributed by atoms with Gasteiger partial charge in [0.05, 0.1) is 18.0 Å². The number of nitrogens with one attached hydrogen (secondary N) is 2. The Labute approximate surface area is 303 Å². The van der Waals surface area contributed by atoms with E-state index in [4.69, 9.17) is 4.74 Å². The highest BCUT2D eigenvalue weighted by atomic mass is 32.2. The predicted octanol–water partition coefficient (Wildman–Crippen LogP) is 6.62. The fraction of sp³-hybridized carbons (Fsp3) is 0.415. The average molecular weight is 713 g/mol. The highest BCUT2D eigenvalue weighted by molar-refractivity contribution is 7.89. The zero-order chi connectivity index (χ0) is 36.5. The number of benzene rings is 4. The zero-order valence-corrected chi connectivity index (χ0v) is 31.3. The van der Waals surface area contributed by atoms with Crippen LogP contribution in [0.4, 0.5) is 0 Å². The molecule has 9 nitrogen and oxygen atoms in total. The lowest BCUT2D eigenvalue weighted by Crippen LogP contribution is -2.50. The van der Waals surface area contributed by atoms with E-state index in [1.807, 2.05) is 44.2 Å². The summed E-state index contributed by atoms with van der Waals surface area (Å²) in [4.78, 5) is 31.9. The molecule has 1 heterocycles. The Hall–Kier alpha value is -4.25. The molecular weight excluding hydrogens is 661 g/mol. The molecule has 5 rings (SSSR count). The number of hydrogen-bond donors (Lipinski definition) is 2. The summed E-state index contributed by atoms with van der Waals surface area (Å²) in [6.07, 6.45) is 3.82. The number of piperidine rings is 1. The number of rotatable bonds is 15. The first-order valence-corrected chi connectivity index (χ1v) is 19.6. The van der Waals surface area contributed by atoms with Gasteiger partial charge in [-0.3, -0.25) is 14.5 Å². The van der Waals surface area contributed by atoms with E-state index in [0.717, 1.165) is 22.9 Å². The minimum absolute atomic E-state index is 0.0868. The molecule has 2 unspecified atom stereocenters. The number of nitrogens with zero attached hydrogens (tertiary/aromatic N) is 2. The van der Waals surface area contributed by atoms with Crippen LogP contribution in [0.2, 0.25) is 0 Å². The molecule has 0 radical (unpaired) electrons. The van der Waals surface area contributed by atoms with Crippen LogP contribution in [0.3, 0.4) is 0 Å². The standard InChI is InChI=1S/C41H52N4O5S/c1-6-44(7-2)41(47)39(24-31-16-18-32(19-17-31)28-45-29(3)12-11-13-30(45)4)42-40(46)27-38(33-14-9-8-10-15-33)43-51(48,49)37-23-21-34-25-36(50-5)22-20-35(34)26-37/h8-10,14-23,25-26,29-30,38-39,43H,6-7,11-13,24,27-28H2,1-5H3,(H,42,46)/t29?,30?,38-,39+/m0/s1. The van der Waals surface area contributed by atoms with Crippen LogP contribution in [-0.2, 0) is 32.6 Å². The van der Waals surface area contributed by atoms with Crippen molar-refractivity contribution in [3.8, 4) is 5.75 Å². The normalized spacial score (nSPS) is 17.8. The molecule has 0 aliphatic carbocycles. The van der Waals surface area contributed by atoms with Crippen LogP contribution >= 0.6 is 0 Å². The zero-order valence-electron chi connectivity index (χ0n) is 30.5. The summed E-state index contributed by atoms with van der Waals surface area (Å²) >= 11 is 0. The number of ether oxygens (including phenoxy) is 1. The second kappa shape index (κ2) is 17.3. The summed E-state index contributed by atoms with van der Waals surface area (Å²) in [5.74, 6) is 0.0868. The summed E-state index contributed by atoms with van der Waals surface area (Å²) < 4.78 is 35.6. The molecule has 0 bridgehead atoms. The quantitative estimate of drug-likeness (QED) is 0.144. The molecule has 4 atom stereocenters. The third kappa shape index (κ3) is 9.75. The largest absolute Gasteiger partial charge is 0.497 e. The summed E-state index contributed by atoms with van der Waals surface area (Å²) in [5.41, 5.74) is 2.80. The smallest absolute Gasteiger partial charge is 0.245 e. The van der Waals surface area contributed by atoms with Crippen molar-refractivity contribution in [2.45, 2.75) is 95.4 Å². The topological polar surface area (TPSA) is 108 Å². The minimum atomic E-state index is -4.04. The maximum atomic E-state index is 13.8. The number of likely N-dealkylation sites (N-methyl/N-ethyl adjacent to an activating group) is 1. The van der Waals surface area contributed by atoms with Crippen molar-refractivity contribution in [2.24, 2.45) is 0 Å². The molecule has 51 heavy (non-hydrogen) atoms.